The molecule has 0 heterocycles. The molecule has 4 unspecified atom stereocenters. The van der Waals surface area contributed by atoms with Crippen LogP contribution in [0.2, 0.25) is 0 Å². The molecule has 1 aliphatic rings. The molecule has 1 heteroatoms. The Morgan fingerprint density at radius 1 is 0.737 bits per heavy atom. The van der Waals surface area contributed by atoms with Crippen LogP contribution in [0.15, 0.2) is 54.6 Å². The van der Waals surface area contributed by atoms with Gasteiger partial charge in [-0.15, -0.1) is 11.6 Å². The molecule has 0 aromatic heterocycles. The Morgan fingerprint density at radius 3 is 2.00 bits per heavy atom. The van der Waals surface area contributed by atoms with Gasteiger partial charge in [0.1, 0.15) is 0 Å². The molecule has 0 nitrogen and oxygen atoms in total. The Labute approximate surface area is 120 Å². The maximum atomic E-state index is 6.65. The molecule has 19 heavy (non-hydrogen) atoms. The number of halogens is 1. The fourth-order valence-electron chi connectivity index (χ4n) is 3.33. The first-order valence-electron chi connectivity index (χ1n) is 6.98. The summed E-state index contributed by atoms with van der Waals surface area (Å²) in [7, 11) is 0. The minimum Gasteiger partial charge on any atom is -0.118 e. The highest BCUT2D eigenvalue weighted by atomic mass is 35.5. The van der Waals surface area contributed by atoms with Gasteiger partial charge < -0.3 is 0 Å². The number of rotatable bonds is 1. The zero-order chi connectivity index (χ0) is 13.4. The molecule has 3 rings (SSSR count). The third kappa shape index (κ3) is 2.08. The fraction of sp³-hybridized carbons (Fsp3) is 0.333. The largest absolute Gasteiger partial charge is 0.118 e. The van der Waals surface area contributed by atoms with Crippen LogP contribution < -0.4 is 0 Å². The summed E-state index contributed by atoms with van der Waals surface area (Å²) in [6.07, 6.45) is 0. The van der Waals surface area contributed by atoms with Crippen LogP contribution in [0, 0.1) is 11.8 Å². The quantitative estimate of drug-likeness (QED) is 0.610. The molecule has 0 radical (unpaired) electrons. The van der Waals surface area contributed by atoms with Crippen LogP contribution in [0.1, 0.15) is 41.8 Å². The second kappa shape index (κ2) is 5.02. The zero-order valence-electron chi connectivity index (χ0n) is 11.4. The van der Waals surface area contributed by atoms with E-state index in [1.54, 1.807) is 0 Å². The predicted octanol–water partition coefficient (Wildman–Crippen LogP) is 5.38. The molecule has 1 aliphatic carbocycles. The summed E-state index contributed by atoms with van der Waals surface area (Å²) in [6, 6.07) is 19.5. The summed E-state index contributed by atoms with van der Waals surface area (Å²) in [5.41, 5.74) is 4.11. The van der Waals surface area contributed by atoms with Crippen molar-refractivity contribution < 1.29 is 0 Å². The summed E-state index contributed by atoms with van der Waals surface area (Å²) in [6.45, 7) is 4.60. The van der Waals surface area contributed by atoms with Crippen LogP contribution in [0.4, 0.5) is 0 Å². The van der Waals surface area contributed by atoms with Gasteiger partial charge in [-0.05, 0) is 28.5 Å². The van der Waals surface area contributed by atoms with E-state index in [2.05, 4.69) is 68.4 Å². The summed E-state index contributed by atoms with van der Waals surface area (Å²) < 4.78 is 0. The maximum Gasteiger partial charge on any atom is 0.0616 e. The lowest BCUT2D eigenvalue weighted by Gasteiger charge is -2.39. The van der Waals surface area contributed by atoms with E-state index < -0.39 is 0 Å². The van der Waals surface area contributed by atoms with Crippen LogP contribution in [0.25, 0.3) is 0 Å². The minimum absolute atomic E-state index is 0.131. The minimum atomic E-state index is 0.131. The molecular weight excluding hydrogens is 252 g/mol. The Morgan fingerprint density at radius 2 is 1.32 bits per heavy atom. The van der Waals surface area contributed by atoms with Gasteiger partial charge in [0.05, 0.1) is 5.38 Å². The first-order chi connectivity index (χ1) is 9.20. The molecule has 4 atom stereocenters. The zero-order valence-corrected chi connectivity index (χ0v) is 12.1. The first-order valence-corrected chi connectivity index (χ1v) is 7.41. The highest BCUT2D eigenvalue weighted by Crippen LogP contribution is 2.50. The molecule has 0 aliphatic heterocycles. The van der Waals surface area contributed by atoms with Crippen molar-refractivity contribution in [2.24, 2.45) is 11.8 Å². The highest BCUT2D eigenvalue weighted by molar-refractivity contribution is 6.21. The van der Waals surface area contributed by atoms with Crippen molar-refractivity contribution >= 4 is 11.6 Å². The third-order valence-electron chi connectivity index (χ3n) is 4.60. The van der Waals surface area contributed by atoms with Gasteiger partial charge in [-0.3, -0.25) is 0 Å². The van der Waals surface area contributed by atoms with Gasteiger partial charge in [0.2, 0.25) is 0 Å². The smallest absolute Gasteiger partial charge is 0.0616 e. The summed E-state index contributed by atoms with van der Waals surface area (Å²) in [5.74, 6) is 1.50. The van der Waals surface area contributed by atoms with Crippen LogP contribution in [0.5, 0.6) is 0 Å². The van der Waals surface area contributed by atoms with E-state index in [1.165, 1.54) is 16.7 Å². The van der Waals surface area contributed by atoms with Gasteiger partial charge in [0, 0.05) is 5.92 Å². The predicted molar refractivity (Wildman–Crippen MR) is 81.6 cm³/mol. The van der Waals surface area contributed by atoms with Gasteiger partial charge >= 0.3 is 0 Å². The lowest BCUT2D eigenvalue weighted by Crippen LogP contribution is -2.28. The Kier molecular flexibility index (Phi) is 3.36. The van der Waals surface area contributed by atoms with E-state index in [4.69, 9.17) is 11.6 Å². The Hall–Kier alpha value is -1.27. The van der Waals surface area contributed by atoms with Gasteiger partial charge in [0.25, 0.3) is 0 Å². The lowest BCUT2D eigenvalue weighted by atomic mass is 9.68. The van der Waals surface area contributed by atoms with E-state index in [0.717, 1.165) is 0 Å². The second-order valence-electron chi connectivity index (χ2n) is 5.64. The van der Waals surface area contributed by atoms with Gasteiger partial charge in [0.15, 0.2) is 0 Å². The van der Waals surface area contributed by atoms with Crippen molar-refractivity contribution in [3.8, 4) is 0 Å². The SMILES string of the molecule is CC1C(Cl)c2ccccc2C(c2ccccc2)C1C. The highest BCUT2D eigenvalue weighted by Gasteiger charge is 2.37. The number of benzene rings is 2. The molecule has 2 aromatic rings. The van der Waals surface area contributed by atoms with E-state index in [9.17, 15) is 0 Å². The summed E-state index contributed by atoms with van der Waals surface area (Å²) in [4.78, 5) is 0. The summed E-state index contributed by atoms with van der Waals surface area (Å²) in [5, 5.41) is 0.131. The molecular formula is C18H19Cl. The monoisotopic (exact) mass is 270 g/mol. The van der Waals surface area contributed by atoms with Crippen molar-refractivity contribution in [2.45, 2.75) is 25.1 Å². The van der Waals surface area contributed by atoms with E-state index in [0.29, 0.717) is 17.8 Å². The normalized spacial score (nSPS) is 29.8. The molecule has 0 saturated carbocycles. The van der Waals surface area contributed by atoms with Crippen LogP contribution in [0.3, 0.4) is 0 Å². The molecule has 0 N–H and O–H groups in total. The van der Waals surface area contributed by atoms with E-state index >= 15 is 0 Å². The number of hydrogen-bond donors (Lipinski definition) is 0. The van der Waals surface area contributed by atoms with Crippen molar-refractivity contribution in [3.63, 3.8) is 0 Å². The molecule has 2 aromatic carbocycles. The number of alkyl halides is 1. The van der Waals surface area contributed by atoms with E-state index in [1.807, 2.05) is 0 Å². The van der Waals surface area contributed by atoms with Crippen molar-refractivity contribution in [2.75, 3.05) is 0 Å². The standard InChI is InChI=1S/C18H19Cl/c1-12-13(2)18(19)16-11-7-6-10-15(16)17(12)14-8-4-3-5-9-14/h3-13,17-18H,1-2H3. The summed E-state index contributed by atoms with van der Waals surface area (Å²) >= 11 is 6.65. The number of hydrogen-bond acceptors (Lipinski definition) is 0. The molecule has 0 spiro atoms. The second-order valence-corrected chi connectivity index (χ2v) is 6.11. The average molecular weight is 271 g/mol. The average Bonchev–Trinajstić information content (AvgIpc) is 2.46. The topological polar surface area (TPSA) is 0 Å². The molecule has 98 valence electrons. The van der Waals surface area contributed by atoms with Crippen molar-refractivity contribution in [1.82, 2.24) is 0 Å². The number of fused-ring (bicyclic) bond motifs is 1. The van der Waals surface area contributed by atoms with Crippen LogP contribution in [-0.2, 0) is 0 Å². The first kappa shape index (κ1) is 12.7. The third-order valence-corrected chi connectivity index (χ3v) is 5.24. The van der Waals surface area contributed by atoms with Gasteiger partial charge in [-0.25, -0.2) is 0 Å². The van der Waals surface area contributed by atoms with Gasteiger partial charge in [-0.1, -0.05) is 68.4 Å². The Balaban J connectivity index is 2.16. The molecule has 0 bridgehead atoms. The van der Waals surface area contributed by atoms with Gasteiger partial charge in [-0.2, -0.15) is 0 Å². The maximum absolute atomic E-state index is 6.65. The fourth-order valence-corrected chi connectivity index (χ4v) is 3.75. The molecule has 0 saturated heterocycles. The molecule has 0 amide bonds. The van der Waals surface area contributed by atoms with Crippen molar-refractivity contribution in [3.05, 3.63) is 71.3 Å². The molecule has 0 fully saturated rings. The van der Waals surface area contributed by atoms with Crippen molar-refractivity contribution in [1.29, 1.82) is 0 Å². The van der Waals surface area contributed by atoms with Crippen LogP contribution >= 0.6 is 11.6 Å². The Bertz CT molecular complexity index is 561. The lowest BCUT2D eigenvalue weighted by molar-refractivity contribution is 0.317. The van der Waals surface area contributed by atoms with E-state index in [-0.39, 0.29) is 5.38 Å². The van der Waals surface area contributed by atoms with Crippen LogP contribution in [-0.4, -0.2) is 0 Å².